The lowest BCUT2D eigenvalue weighted by Crippen LogP contribution is -2.32. The van der Waals surface area contributed by atoms with Crippen molar-refractivity contribution in [1.29, 1.82) is 0 Å². The van der Waals surface area contributed by atoms with E-state index in [2.05, 4.69) is 5.32 Å². The summed E-state index contributed by atoms with van der Waals surface area (Å²) in [4.78, 5) is 12.6. The van der Waals surface area contributed by atoms with Crippen LogP contribution in [0.4, 0.5) is 0 Å². The van der Waals surface area contributed by atoms with Crippen molar-refractivity contribution < 1.29 is 9.53 Å². The summed E-state index contributed by atoms with van der Waals surface area (Å²) >= 11 is 5.95. The molecule has 0 bridgehead atoms. The zero-order chi connectivity index (χ0) is 16.9. The molecule has 24 heavy (non-hydrogen) atoms. The Kier molecular flexibility index (Phi) is 5.41. The maximum absolute atomic E-state index is 12.6. The van der Waals surface area contributed by atoms with Gasteiger partial charge in [-0.2, -0.15) is 0 Å². The predicted molar refractivity (Wildman–Crippen MR) is 96.6 cm³/mol. The van der Waals surface area contributed by atoms with Crippen LogP contribution in [0, 0.1) is 5.92 Å². The van der Waals surface area contributed by atoms with E-state index in [0.29, 0.717) is 17.5 Å². The highest BCUT2D eigenvalue weighted by Gasteiger charge is 2.37. The molecule has 1 atom stereocenters. The Hall–Kier alpha value is -2.00. The van der Waals surface area contributed by atoms with Gasteiger partial charge in [-0.05, 0) is 60.6 Å². The highest BCUT2D eigenvalue weighted by Crippen LogP contribution is 2.42. The number of carbonyl (C=O) groups is 1. The molecule has 3 rings (SSSR count). The molecule has 1 aliphatic carbocycles. The summed E-state index contributed by atoms with van der Waals surface area (Å²) in [5.41, 5.74) is 2.24. The van der Waals surface area contributed by atoms with Crippen molar-refractivity contribution in [2.24, 2.45) is 5.92 Å². The summed E-state index contributed by atoms with van der Waals surface area (Å²) in [5.74, 6) is 1.37. The molecule has 2 aromatic carbocycles. The normalized spacial score (nSPS) is 14.9. The van der Waals surface area contributed by atoms with Gasteiger partial charge < -0.3 is 10.1 Å². The number of benzene rings is 2. The van der Waals surface area contributed by atoms with E-state index in [0.717, 1.165) is 30.6 Å². The molecule has 1 aliphatic rings. The molecule has 2 aromatic rings. The molecule has 0 spiro atoms. The van der Waals surface area contributed by atoms with Crippen molar-refractivity contribution >= 4 is 17.5 Å². The van der Waals surface area contributed by atoms with Crippen molar-refractivity contribution in [1.82, 2.24) is 5.32 Å². The lowest BCUT2D eigenvalue weighted by molar-refractivity contribution is -0.123. The van der Waals surface area contributed by atoms with Gasteiger partial charge in [-0.1, -0.05) is 35.9 Å². The van der Waals surface area contributed by atoms with Gasteiger partial charge in [0.1, 0.15) is 5.75 Å². The summed E-state index contributed by atoms with van der Waals surface area (Å²) < 4.78 is 5.15. The number of nitrogens with one attached hydrogen (secondary N) is 1. The Morgan fingerprint density at radius 3 is 2.42 bits per heavy atom. The molecule has 126 valence electrons. The minimum atomic E-state index is -0.0573. The summed E-state index contributed by atoms with van der Waals surface area (Å²) in [7, 11) is 1.66. The number of ether oxygens (including phenoxy) is 1. The van der Waals surface area contributed by atoms with Gasteiger partial charge >= 0.3 is 0 Å². The average Bonchev–Trinajstić information content (AvgIpc) is 3.42. The van der Waals surface area contributed by atoms with E-state index in [9.17, 15) is 4.79 Å². The quantitative estimate of drug-likeness (QED) is 0.818. The van der Waals surface area contributed by atoms with Crippen molar-refractivity contribution in [3.8, 4) is 5.75 Å². The summed E-state index contributed by atoms with van der Waals surface area (Å²) in [5, 5.41) is 3.79. The molecule has 0 saturated heterocycles. The van der Waals surface area contributed by atoms with Crippen LogP contribution >= 0.6 is 11.6 Å². The van der Waals surface area contributed by atoms with Crippen molar-refractivity contribution in [2.45, 2.75) is 25.2 Å². The van der Waals surface area contributed by atoms with Crippen LogP contribution < -0.4 is 10.1 Å². The lowest BCUT2D eigenvalue weighted by atomic mass is 9.93. The monoisotopic (exact) mass is 343 g/mol. The fraction of sp³-hybridized carbons (Fsp3) is 0.350. The number of halogens is 1. The molecular formula is C20H22ClNO2. The molecule has 3 nitrogen and oxygen atoms in total. The highest BCUT2D eigenvalue weighted by atomic mass is 35.5. The Morgan fingerprint density at radius 2 is 1.83 bits per heavy atom. The molecule has 1 unspecified atom stereocenters. The maximum atomic E-state index is 12.6. The van der Waals surface area contributed by atoms with Crippen LogP contribution in [0.5, 0.6) is 5.75 Å². The fourth-order valence-electron chi connectivity index (χ4n) is 2.97. The van der Waals surface area contributed by atoms with Gasteiger partial charge in [0.2, 0.25) is 5.91 Å². The third kappa shape index (κ3) is 4.30. The zero-order valence-electron chi connectivity index (χ0n) is 13.8. The molecule has 1 N–H and O–H groups in total. The zero-order valence-corrected chi connectivity index (χ0v) is 14.6. The number of hydrogen-bond acceptors (Lipinski definition) is 2. The van der Waals surface area contributed by atoms with Crippen LogP contribution in [0.2, 0.25) is 5.02 Å². The Bertz CT molecular complexity index is 678. The van der Waals surface area contributed by atoms with Gasteiger partial charge in [0.05, 0.1) is 13.0 Å². The Labute approximate surface area is 148 Å². The molecular weight excluding hydrogens is 322 g/mol. The summed E-state index contributed by atoms with van der Waals surface area (Å²) in [6.07, 6.45) is 3.06. The maximum Gasteiger partial charge on any atom is 0.227 e. The molecule has 1 saturated carbocycles. The topological polar surface area (TPSA) is 38.3 Å². The van der Waals surface area contributed by atoms with Gasteiger partial charge in [0, 0.05) is 11.6 Å². The minimum absolute atomic E-state index is 0.0573. The highest BCUT2D eigenvalue weighted by molar-refractivity contribution is 6.30. The first-order chi connectivity index (χ1) is 11.7. The Morgan fingerprint density at radius 1 is 1.17 bits per heavy atom. The van der Waals surface area contributed by atoms with Crippen LogP contribution in [-0.4, -0.2) is 19.6 Å². The van der Waals surface area contributed by atoms with Gasteiger partial charge in [-0.25, -0.2) is 0 Å². The number of hydrogen-bond donors (Lipinski definition) is 1. The van der Waals surface area contributed by atoms with Gasteiger partial charge in [-0.15, -0.1) is 0 Å². The second kappa shape index (κ2) is 7.71. The van der Waals surface area contributed by atoms with Crippen molar-refractivity contribution in [3.63, 3.8) is 0 Å². The van der Waals surface area contributed by atoms with Crippen LogP contribution in [-0.2, 0) is 11.2 Å². The minimum Gasteiger partial charge on any atom is -0.497 e. The number of rotatable bonds is 7. The van der Waals surface area contributed by atoms with Crippen LogP contribution in [0.3, 0.4) is 0 Å². The first-order valence-electron chi connectivity index (χ1n) is 8.33. The first-order valence-corrected chi connectivity index (χ1v) is 8.71. The van der Waals surface area contributed by atoms with E-state index in [1.165, 1.54) is 5.56 Å². The molecule has 0 aromatic heterocycles. The molecule has 1 fully saturated rings. The smallest absolute Gasteiger partial charge is 0.227 e. The van der Waals surface area contributed by atoms with Gasteiger partial charge in [0.15, 0.2) is 0 Å². The average molecular weight is 344 g/mol. The van der Waals surface area contributed by atoms with E-state index in [-0.39, 0.29) is 11.8 Å². The van der Waals surface area contributed by atoms with Crippen molar-refractivity contribution in [2.75, 3.05) is 13.7 Å². The Balaban J connectivity index is 1.56. The second-order valence-corrected chi connectivity index (χ2v) is 6.69. The summed E-state index contributed by atoms with van der Waals surface area (Å²) in [6, 6.07) is 15.6. The molecule has 4 heteroatoms. The van der Waals surface area contributed by atoms with Crippen LogP contribution in [0.25, 0.3) is 0 Å². The van der Waals surface area contributed by atoms with E-state index in [1.54, 1.807) is 7.11 Å². The second-order valence-electron chi connectivity index (χ2n) is 6.26. The van der Waals surface area contributed by atoms with E-state index in [1.807, 2.05) is 48.5 Å². The standard InChI is InChI=1S/C20H22ClNO2/c1-24-18-10-2-14(3-11-18)12-13-22-20(23)19(15-4-5-15)16-6-8-17(21)9-7-16/h2-3,6-11,15,19H,4-5,12-13H2,1H3,(H,22,23). The number of carbonyl (C=O) groups excluding carboxylic acids is 1. The van der Waals surface area contributed by atoms with Crippen LogP contribution in [0.15, 0.2) is 48.5 Å². The van der Waals surface area contributed by atoms with Crippen LogP contribution in [0.1, 0.15) is 29.9 Å². The predicted octanol–water partition coefficient (Wildman–Crippen LogP) is 4.20. The van der Waals surface area contributed by atoms with Gasteiger partial charge in [-0.3, -0.25) is 4.79 Å². The fourth-order valence-corrected chi connectivity index (χ4v) is 3.10. The number of methoxy groups -OCH3 is 1. The van der Waals surface area contributed by atoms with E-state index >= 15 is 0 Å². The lowest BCUT2D eigenvalue weighted by Gasteiger charge is -2.17. The summed E-state index contributed by atoms with van der Waals surface area (Å²) in [6.45, 7) is 0.641. The van der Waals surface area contributed by atoms with E-state index in [4.69, 9.17) is 16.3 Å². The van der Waals surface area contributed by atoms with E-state index < -0.39 is 0 Å². The molecule has 1 amide bonds. The number of amides is 1. The van der Waals surface area contributed by atoms with Crippen molar-refractivity contribution in [3.05, 3.63) is 64.7 Å². The largest absolute Gasteiger partial charge is 0.497 e. The third-order valence-corrected chi connectivity index (χ3v) is 4.73. The first kappa shape index (κ1) is 16.8. The van der Waals surface area contributed by atoms with Gasteiger partial charge in [0.25, 0.3) is 0 Å². The third-order valence-electron chi connectivity index (χ3n) is 4.48. The molecule has 0 heterocycles. The SMILES string of the molecule is COc1ccc(CCNC(=O)C(c2ccc(Cl)cc2)C2CC2)cc1. The molecule has 0 radical (unpaired) electrons. The molecule has 0 aliphatic heterocycles.